The number of hydrogen-bond donors (Lipinski definition) is 0. The molecule has 0 atom stereocenters. The van der Waals surface area contributed by atoms with Crippen molar-refractivity contribution in [1.29, 1.82) is 0 Å². The fourth-order valence-electron chi connectivity index (χ4n) is 2.56. The quantitative estimate of drug-likeness (QED) is 0.766. The van der Waals surface area contributed by atoms with Crippen molar-refractivity contribution in [2.75, 3.05) is 26.3 Å². The average Bonchev–Trinajstić information content (AvgIpc) is 2.87. The minimum Gasteiger partial charge on any atom is -0.346 e. The predicted molar refractivity (Wildman–Crippen MR) is 64.0 cm³/mol. The maximum absolute atomic E-state index is 12.8. The number of piperidine rings is 1. The topological polar surface area (TPSA) is 51.7 Å². The summed E-state index contributed by atoms with van der Waals surface area (Å²) in [5.74, 6) is -1.30. The van der Waals surface area contributed by atoms with Crippen LogP contribution in [0, 0.1) is 5.82 Å². The zero-order valence-electron chi connectivity index (χ0n) is 10.5. The number of hydrogen-bond acceptors (Lipinski definition) is 4. The molecule has 6 heteroatoms. The molecule has 1 spiro atoms. The minimum atomic E-state index is -0.645. The van der Waals surface area contributed by atoms with Crippen LogP contribution in [0.5, 0.6) is 0 Å². The van der Waals surface area contributed by atoms with Gasteiger partial charge in [0.2, 0.25) is 0 Å². The molecule has 0 saturated carbocycles. The first-order chi connectivity index (χ1) is 9.19. The molecule has 19 heavy (non-hydrogen) atoms. The number of halogens is 1. The van der Waals surface area contributed by atoms with Crippen LogP contribution in [0.4, 0.5) is 4.39 Å². The highest BCUT2D eigenvalue weighted by atomic mass is 19.1. The smallest absolute Gasteiger partial charge is 0.272 e. The van der Waals surface area contributed by atoms with E-state index in [0.29, 0.717) is 26.3 Å². The third-order valence-electron chi connectivity index (χ3n) is 3.46. The van der Waals surface area contributed by atoms with E-state index in [2.05, 4.69) is 4.98 Å². The molecule has 2 saturated heterocycles. The van der Waals surface area contributed by atoms with Gasteiger partial charge in [-0.05, 0) is 18.6 Å². The Hall–Kier alpha value is -1.53. The zero-order chi connectivity index (χ0) is 13.3. The fraction of sp³-hybridized carbons (Fsp3) is 0.538. The van der Waals surface area contributed by atoms with Crippen molar-refractivity contribution in [2.45, 2.75) is 18.6 Å². The first-order valence-electron chi connectivity index (χ1n) is 6.37. The number of carbonyl (C=O) groups excluding carboxylic acids is 1. The van der Waals surface area contributed by atoms with Crippen LogP contribution in [-0.4, -0.2) is 47.9 Å². The molecule has 0 aromatic carbocycles. The van der Waals surface area contributed by atoms with Crippen molar-refractivity contribution in [3.63, 3.8) is 0 Å². The molecule has 0 aliphatic carbocycles. The van der Waals surface area contributed by atoms with Gasteiger partial charge in [-0.3, -0.25) is 4.79 Å². The second kappa shape index (κ2) is 4.86. The van der Waals surface area contributed by atoms with Crippen molar-refractivity contribution in [3.05, 3.63) is 29.8 Å². The molecule has 2 aliphatic heterocycles. The summed E-state index contributed by atoms with van der Waals surface area (Å²) in [6, 6.07) is 2.64. The number of nitrogens with zero attached hydrogens (tertiary/aromatic N) is 2. The number of likely N-dealkylation sites (tertiary alicyclic amines) is 1. The lowest BCUT2D eigenvalue weighted by molar-refractivity contribution is -0.183. The summed E-state index contributed by atoms with van der Waals surface area (Å²) in [4.78, 5) is 17.8. The molecule has 1 amide bonds. The van der Waals surface area contributed by atoms with E-state index in [9.17, 15) is 9.18 Å². The van der Waals surface area contributed by atoms with Gasteiger partial charge in [0.25, 0.3) is 5.91 Å². The van der Waals surface area contributed by atoms with Gasteiger partial charge in [0.05, 0.1) is 26.0 Å². The maximum atomic E-state index is 12.8. The summed E-state index contributed by atoms with van der Waals surface area (Å²) >= 11 is 0. The third kappa shape index (κ3) is 2.46. The van der Waals surface area contributed by atoms with Gasteiger partial charge >= 0.3 is 0 Å². The van der Waals surface area contributed by atoms with Gasteiger partial charge in [-0.25, -0.2) is 9.37 Å². The summed E-state index contributed by atoms with van der Waals surface area (Å²) in [6.45, 7) is 2.19. The highest BCUT2D eigenvalue weighted by Crippen LogP contribution is 2.30. The monoisotopic (exact) mass is 266 g/mol. The SMILES string of the molecule is O=C(c1ccc(F)cn1)N1CCCC2(C1)OCCO2. The average molecular weight is 266 g/mol. The molecule has 1 aromatic heterocycles. The normalized spacial score (nSPS) is 21.8. The van der Waals surface area contributed by atoms with E-state index in [4.69, 9.17) is 9.47 Å². The van der Waals surface area contributed by atoms with Crippen LogP contribution in [0.1, 0.15) is 23.3 Å². The minimum absolute atomic E-state index is 0.210. The second-order valence-corrected chi connectivity index (χ2v) is 4.80. The number of ether oxygens (including phenoxy) is 2. The first kappa shape index (κ1) is 12.5. The Balaban J connectivity index is 1.74. The Labute approximate surface area is 110 Å². The van der Waals surface area contributed by atoms with Crippen molar-refractivity contribution >= 4 is 5.91 Å². The van der Waals surface area contributed by atoms with E-state index in [1.807, 2.05) is 0 Å². The van der Waals surface area contributed by atoms with Gasteiger partial charge in [0.1, 0.15) is 11.5 Å². The molecule has 0 radical (unpaired) electrons. The number of carbonyl (C=O) groups is 1. The molecular weight excluding hydrogens is 251 g/mol. The van der Waals surface area contributed by atoms with Crippen molar-refractivity contribution < 1.29 is 18.7 Å². The van der Waals surface area contributed by atoms with Gasteiger partial charge in [-0.1, -0.05) is 0 Å². The molecule has 2 fully saturated rings. The van der Waals surface area contributed by atoms with E-state index in [-0.39, 0.29) is 11.6 Å². The molecule has 0 unspecified atom stereocenters. The summed E-state index contributed by atoms with van der Waals surface area (Å²) in [5, 5.41) is 0. The molecule has 0 N–H and O–H groups in total. The fourth-order valence-corrected chi connectivity index (χ4v) is 2.56. The van der Waals surface area contributed by atoms with Crippen molar-refractivity contribution in [1.82, 2.24) is 9.88 Å². The van der Waals surface area contributed by atoms with Crippen LogP contribution in [0.15, 0.2) is 18.3 Å². The van der Waals surface area contributed by atoms with Crippen LogP contribution in [-0.2, 0) is 9.47 Å². The van der Waals surface area contributed by atoms with Crippen LogP contribution in [0.3, 0.4) is 0 Å². The van der Waals surface area contributed by atoms with Crippen molar-refractivity contribution in [2.24, 2.45) is 0 Å². The molecule has 102 valence electrons. The second-order valence-electron chi connectivity index (χ2n) is 4.80. The zero-order valence-corrected chi connectivity index (χ0v) is 10.5. The largest absolute Gasteiger partial charge is 0.346 e. The van der Waals surface area contributed by atoms with Crippen molar-refractivity contribution in [3.8, 4) is 0 Å². The van der Waals surface area contributed by atoms with Gasteiger partial charge in [-0.15, -0.1) is 0 Å². The highest BCUT2D eigenvalue weighted by Gasteiger charge is 2.42. The predicted octanol–water partition coefficient (Wildman–Crippen LogP) is 1.20. The maximum Gasteiger partial charge on any atom is 0.272 e. The summed E-state index contributed by atoms with van der Waals surface area (Å²) in [7, 11) is 0. The number of amides is 1. The standard InChI is InChI=1S/C13H15FN2O3/c14-10-2-3-11(15-8-10)12(17)16-5-1-4-13(9-16)18-6-7-19-13/h2-3,8H,1,4-7,9H2. The van der Waals surface area contributed by atoms with Crippen LogP contribution >= 0.6 is 0 Å². The lowest BCUT2D eigenvalue weighted by Crippen LogP contribution is -2.51. The van der Waals surface area contributed by atoms with Gasteiger partial charge in [-0.2, -0.15) is 0 Å². The Morgan fingerprint density at radius 3 is 2.84 bits per heavy atom. The molecule has 5 nitrogen and oxygen atoms in total. The van der Waals surface area contributed by atoms with Crippen LogP contribution in [0.25, 0.3) is 0 Å². The van der Waals surface area contributed by atoms with E-state index in [0.717, 1.165) is 19.0 Å². The first-order valence-corrected chi connectivity index (χ1v) is 6.37. The van der Waals surface area contributed by atoms with E-state index >= 15 is 0 Å². The lowest BCUT2D eigenvalue weighted by atomic mass is 10.0. The molecule has 0 bridgehead atoms. The van der Waals surface area contributed by atoms with Gasteiger partial charge in [0, 0.05) is 13.0 Å². The lowest BCUT2D eigenvalue weighted by Gasteiger charge is -2.38. The molecule has 1 aromatic rings. The Morgan fingerprint density at radius 2 is 2.16 bits per heavy atom. The number of aromatic nitrogens is 1. The Bertz CT molecular complexity index is 471. The van der Waals surface area contributed by atoms with E-state index in [1.165, 1.54) is 12.1 Å². The van der Waals surface area contributed by atoms with E-state index < -0.39 is 11.6 Å². The molecule has 3 heterocycles. The van der Waals surface area contributed by atoms with Crippen LogP contribution in [0.2, 0.25) is 0 Å². The summed E-state index contributed by atoms with van der Waals surface area (Å²) in [6.07, 6.45) is 2.68. The van der Waals surface area contributed by atoms with E-state index in [1.54, 1.807) is 4.90 Å². The Morgan fingerprint density at radius 1 is 1.37 bits per heavy atom. The van der Waals surface area contributed by atoms with Gasteiger partial charge in [0.15, 0.2) is 5.79 Å². The number of rotatable bonds is 1. The Kier molecular flexibility index (Phi) is 3.20. The third-order valence-corrected chi connectivity index (χ3v) is 3.46. The molecular formula is C13H15FN2O3. The van der Waals surface area contributed by atoms with Gasteiger partial charge < -0.3 is 14.4 Å². The van der Waals surface area contributed by atoms with Crippen LogP contribution < -0.4 is 0 Å². The molecule has 3 rings (SSSR count). The molecule has 2 aliphatic rings. The number of pyridine rings is 1. The summed E-state index contributed by atoms with van der Waals surface area (Å²) < 4.78 is 24.0. The summed E-state index contributed by atoms with van der Waals surface area (Å²) in [5.41, 5.74) is 0.247. The highest BCUT2D eigenvalue weighted by molar-refractivity contribution is 5.92.